The first-order valence-electron chi connectivity index (χ1n) is 1.41. The van der Waals surface area contributed by atoms with E-state index < -0.39 is 0 Å². The molecular weight excluding hydrogens is 84.1 g/mol. The van der Waals surface area contributed by atoms with Crippen LogP contribution in [0.4, 0.5) is 0 Å². The van der Waals surface area contributed by atoms with Crippen molar-refractivity contribution in [3.63, 3.8) is 0 Å². The second-order valence-electron chi connectivity index (χ2n) is 0.641. The Kier molecular flexibility index (Phi) is 3.96. The lowest BCUT2D eigenvalue weighted by Crippen LogP contribution is -2.00. The maximum Gasteiger partial charge on any atom is 0.0643 e. The van der Waals surface area contributed by atoms with Gasteiger partial charge in [-0.25, -0.2) is 4.36 Å². The van der Waals surface area contributed by atoms with Crippen LogP contribution < -0.4 is 5.73 Å². The lowest BCUT2D eigenvalue weighted by atomic mass is 10.7. The molecule has 0 saturated heterocycles. The number of hydrogen-bond donors (Lipinski definition) is 1. The number of hydrogen-bond acceptors (Lipinski definition) is 3. The molecule has 0 saturated carbocycles. The molecule has 0 fully saturated rings. The van der Waals surface area contributed by atoms with E-state index in [4.69, 9.17) is 5.73 Å². The summed E-state index contributed by atoms with van der Waals surface area (Å²) in [4.78, 5) is 0. The average molecular weight is 90.2 g/mol. The van der Waals surface area contributed by atoms with Crippen LogP contribution in [0.25, 0.3) is 0 Å². The standard InChI is InChI=1S/C2H6N2S/c3-1-2-4-5/h1-3H2. The molecule has 0 aromatic rings. The molecule has 0 aromatic carbocycles. The summed E-state index contributed by atoms with van der Waals surface area (Å²) in [6.45, 7) is 1.18. The highest BCUT2D eigenvalue weighted by Gasteiger charge is 1.63. The second-order valence-corrected chi connectivity index (χ2v) is 0.900. The van der Waals surface area contributed by atoms with Gasteiger partial charge in [-0.05, 0) is 0 Å². The molecule has 0 spiro atoms. The summed E-state index contributed by atoms with van der Waals surface area (Å²) in [5, 5.41) is 0. The highest BCUT2D eigenvalue weighted by atomic mass is 32.1. The Morgan fingerprint density at radius 3 is 2.40 bits per heavy atom. The highest BCUT2D eigenvalue weighted by molar-refractivity contribution is 7.47. The monoisotopic (exact) mass is 90.0 g/mol. The van der Waals surface area contributed by atoms with Gasteiger partial charge in [-0.3, -0.25) is 0 Å². The van der Waals surface area contributed by atoms with Crippen LogP contribution in [-0.2, 0) is 12.4 Å². The van der Waals surface area contributed by atoms with Crippen molar-refractivity contribution < 1.29 is 0 Å². The molecule has 0 radical (unpaired) electrons. The van der Waals surface area contributed by atoms with E-state index in [2.05, 4.69) is 16.8 Å². The van der Waals surface area contributed by atoms with Gasteiger partial charge in [0, 0.05) is 19.0 Å². The van der Waals surface area contributed by atoms with Gasteiger partial charge in [0.05, 0.1) is 6.54 Å². The van der Waals surface area contributed by atoms with Gasteiger partial charge in [-0.15, -0.1) is 0 Å². The summed E-state index contributed by atoms with van der Waals surface area (Å²) in [5.74, 6) is 0. The zero-order valence-corrected chi connectivity index (χ0v) is 3.66. The summed E-state index contributed by atoms with van der Waals surface area (Å²) < 4.78 is 3.31. The Balaban J connectivity index is 2.40. The van der Waals surface area contributed by atoms with Gasteiger partial charge in [0.2, 0.25) is 0 Å². The molecule has 0 rings (SSSR count). The first kappa shape index (κ1) is 4.98. The molecule has 2 N–H and O–H groups in total. The normalized spacial score (nSPS) is 7.40. The van der Waals surface area contributed by atoms with Crippen LogP contribution in [-0.4, -0.2) is 13.1 Å². The van der Waals surface area contributed by atoms with Crippen molar-refractivity contribution in [1.82, 2.24) is 0 Å². The molecule has 30 valence electrons. The van der Waals surface area contributed by atoms with Crippen LogP contribution >= 0.6 is 0 Å². The smallest absolute Gasteiger partial charge is 0.0643 e. The molecule has 0 heterocycles. The third-order valence-electron chi connectivity index (χ3n) is 0.220. The minimum atomic E-state index is 0.573. The van der Waals surface area contributed by atoms with E-state index in [0.717, 1.165) is 0 Å². The van der Waals surface area contributed by atoms with E-state index in [1.165, 1.54) is 0 Å². The first-order chi connectivity index (χ1) is 2.41. The van der Waals surface area contributed by atoms with E-state index in [0.29, 0.717) is 13.1 Å². The Morgan fingerprint density at radius 1 is 1.80 bits per heavy atom. The van der Waals surface area contributed by atoms with Crippen molar-refractivity contribution in [1.29, 1.82) is 0 Å². The van der Waals surface area contributed by atoms with E-state index in [1.807, 2.05) is 0 Å². The fourth-order valence-electron chi connectivity index (χ4n) is 0.0527. The molecule has 0 bridgehead atoms. The fourth-order valence-corrected chi connectivity index (χ4v) is 0.158. The molecule has 0 aliphatic rings. The molecular formula is C2H6N2S. The van der Waals surface area contributed by atoms with Crippen molar-refractivity contribution in [3.05, 3.63) is 0 Å². The highest BCUT2D eigenvalue weighted by Crippen LogP contribution is 1.53. The van der Waals surface area contributed by atoms with Crippen molar-refractivity contribution in [2.75, 3.05) is 13.1 Å². The summed E-state index contributed by atoms with van der Waals surface area (Å²) in [7, 11) is 0. The predicted octanol–water partition coefficient (Wildman–Crippen LogP) is -0.324. The van der Waals surface area contributed by atoms with E-state index >= 15 is 0 Å². The largest absolute Gasteiger partial charge is 0.329 e. The second kappa shape index (κ2) is 3.98. The number of nitrogens with zero attached hydrogens (tertiary/aromatic N) is 1. The Labute approximate surface area is 36.5 Å². The van der Waals surface area contributed by atoms with Crippen molar-refractivity contribution >= 4 is 12.4 Å². The Morgan fingerprint density at radius 2 is 2.40 bits per heavy atom. The lowest BCUT2D eigenvalue weighted by molar-refractivity contribution is 0.992. The average Bonchev–Trinajstić information content (AvgIpc) is 1.41. The van der Waals surface area contributed by atoms with E-state index in [1.54, 1.807) is 0 Å². The molecule has 0 aliphatic carbocycles. The van der Waals surface area contributed by atoms with Crippen LogP contribution in [0.2, 0.25) is 0 Å². The quantitative estimate of drug-likeness (QED) is 0.504. The maximum atomic E-state index is 4.98. The van der Waals surface area contributed by atoms with Gasteiger partial charge in [0.25, 0.3) is 0 Å². The lowest BCUT2D eigenvalue weighted by Gasteiger charge is -1.73. The minimum Gasteiger partial charge on any atom is -0.329 e. The molecule has 0 unspecified atom stereocenters. The third kappa shape index (κ3) is 3.98. The molecule has 0 amide bonds. The van der Waals surface area contributed by atoms with Gasteiger partial charge < -0.3 is 5.73 Å². The summed E-state index contributed by atoms with van der Waals surface area (Å²) in [5.41, 5.74) is 4.98. The fraction of sp³-hybridized carbons (Fsp3) is 1.00. The van der Waals surface area contributed by atoms with Crippen molar-refractivity contribution in [2.24, 2.45) is 10.1 Å². The summed E-state index contributed by atoms with van der Waals surface area (Å²) in [6, 6.07) is 0. The number of rotatable bonds is 2. The van der Waals surface area contributed by atoms with Gasteiger partial charge >= 0.3 is 0 Å². The molecule has 2 nitrogen and oxygen atoms in total. The van der Waals surface area contributed by atoms with Crippen molar-refractivity contribution in [2.45, 2.75) is 0 Å². The van der Waals surface area contributed by atoms with E-state index in [-0.39, 0.29) is 0 Å². The topological polar surface area (TPSA) is 38.4 Å². The molecule has 3 heteroatoms. The SMILES string of the molecule is NCCN=S. The van der Waals surface area contributed by atoms with Crippen LogP contribution in [0.5, 0.6) is 0 Å². The van der Waals surface area contributed by atoms with Crippen LogP contribution in [0.1, 0.15) is 0 Å². The predicted molar refractivity (Wildman–Crippen MR) is 23.7 cm³/mol. The number of nitrogens with two attached hydrogens (primary N) is 1. The Bertz CT molecular complexity index is 28.8. The zero-order chi connectivity index (χ0) is 4.12. The van der Waals surface area contributed by atoms with Gasteiger partial charge in [-0.1, -0.05) is 0 Å². The van der Waals surface area contributed by atoms with Gasteiger partial charge in [0.15, 0.2) is 0 Å². The van der Waals surface area contributed by atoms with Gasteiger partial charge in [0.1, 0.15) is 0 Å². The first-order valence-corrected chi connectivity index (χ1v) is 1.77. The molecule has 0 aliphatic heterocycles. The van der Waals surface area contributed by atoms with Crippen LogP contribution in [0, 0.1) is 0 Å². The van der Waals surface area contributed by atoms with Crippen molar-refractivity contribution in [3.8, 4) is 0 Å². The third-order valence-corrected chi connectivity index (χ3v) is 0.403. The van der Waals surface area contributed by atoms with Crippen LogP contribution in [0.15, 0.2) is 4.36 Å². The van der Waals surface area contributed by atoms with Crippen LogP contribution in [0.3, 0.4) is 0 Å². The molecule has 0 atom stereocenters. The minimum absolute atomic E-state index is 0.573. The zero-order valence-electron chi connectivity index (χ0n) is 2.85. The Hall–Kier alpha value is -0.0200. The maximum absolute atomic E-state index is 4.98. The molecule has 0 aromatic heterocycles. The van der Waals surface area contributed by atoms with Gasteiger partial charge in [-0.2, -0.15) is 0 Å². The summed E-state index contributed by atoms with van der Waals surface area (Å²) in [6.07, 6.45) is 0. The van der Waals surface area contributed by atoms with E-state index in [9.17, 15) is 0 Å². The molecule has 5 heavy (non-hydrogen) atoms. The summed E-state index contributed by atoms with van der Waals surface area (Å²) >= 11 is 4.20.